The van der Waals surface area contributed by atoms with E-state index in [1.54, 1.807) is 0 Å². The largest absolute Gasteiger partial charge is 0.271 e. The van der Waals surface area contributed by atoms with Crippen molar-refractivity contribution >= 4 is 23.2 Å². The highest BCUT2D eigenvalue weighted by molar-refractivity contribution is 6.31. The third kappa shape index (κ3) is 3.42. The Bertz CT molecular complexity index is 381. The van der Waals surface area contributed by atoms with Gasteiger partial charge in [0.05, 0.1) is 16.4 Å². The average molecular weight is 291 g/mol. The number of halogens is 2. The van der Waals surface area contributed by atoms with Gasteiger partial charge in [-0.05, 0) is 31.6 Å². The Morgan fingerprint density at radius 2 is 2.00 bits per heavy atom. The fourth-order valence-electron chi connectivity index (χ4n) is 2.38. The minimum Gasteiger partial charge on any atom is -0.271 e. The van der Waals surface area contributed by atoms with Gasteiger partial charge < -0.3 is 0 Å². The average Bonchev–Trinajstić information content (AvgIpc) is 2.61. The predicted octanol–water partition coefficient (Wildman–Crippen LogP) is 4.75. The summed E-state index contributed by atoms with van der Waals surface area (Å²) in [6.45, 7) is 6.39. The van der Waals surface area contributed by atoms with E-state index in [9.17, 15) is 0 Å². The van der Waals surface area contributed by atoms with Gasteiger partial charge in [0.15, 0.2) is 0 Å². The summed E-state index contributed by atoms with van der Waals surface area (Å²) >= 11 is 12.6. The smallest absolute Gasteiger partial charge is 0.0847 e. The first kappa shape index (κ1) is 15.8. The van der Waals surface area contributed by atoms with Gasteiger partial charge in [0.1, 0.15) is 0 Å². The van der Waals surface area contributed by atoms with Crippen LogP contribution in [-0.4, -0.2) is 15.7 Å². The van der Waals surface area contributed by atoms with E-state index in [2.05, 4.69) is 18.9 Å². The van der Waals surface area contributed by atoms with Crippen molar-refractivity contribution in [2.75, 3.05) is 5.88 Å². The first-order valence-electron chi connectivity index (χ1n) is 6.73. The highest BCUT2D eigenvalue weighted by Crippen LogP contribution is 2.36. The van der Waals surface area contributed by atoms with E-state index in [4.69, 9.17) is 23.2 Å². The Morgan fingerprint density at radius 3 is 2.39 bits per heavy atom. The van der Waals surface area contributed by atoms with Crippen molar-refractivity contribution in [1.82, 2.24) is 9.78 Å². The van der Waals surface area contributed by atoms with E-state index in [1.165, 1.54) is 12.8 Å². The number of nitrogens with zero attached hydrogens (tertiary/aromatic N) is 2. The van der Waals surface area contributed by atoms with Gasteiger partial charge in [0.25, 0.3) is 0 Å². The van der Waals surface area contributed by atoms with Crippen LogP contribution in [0.4, 0.5) is 0 Å². The molecule has 0 bridgehead atoms. The normalized spacial score (nSPS) is 14.8. The van der Waals surface area contributed by atoms with E-state index in [0.29, 0.717) is 5.88 Å². The first-order chi connectivity index (χ1) is 8.49. The molecule has 0 saturated heterocycles. The Morgan fingerprint density at radius 1 is 1.33 bits per heavy atom. The molecule has 0 radical (unpaired) electrons. The van der Waals surface area contributed by atoms with Crippen molar-refractivity contribution in [3.63, 3.8) is 0 Å². The van der Waals surface area contributed by atoms with Crippen molar-refractivity contribution in [3.05, 3.63) is 16.4 Å². The van der Waals surface area contributed by atoms with Gasteiger partial charge in [0, 0.05) is 12.9 Å². The topological polar surface area (TPSA) is 17.8 Å². The van der Waals surface area contributed by atoms with Crippen molar-refractivity contribution in [1.29, 1.82) is 0 Å². The summed E-state index contributed by atoms with van der Waals surface area (Å²) in [6.07, 6.45) is 5.58. The zero-order valence-electron chi connectivity index (χ0n) is 11.9. The molecular formula is C14H24Cl2N2. The van der Waals surface area contributed by atoms with Crippen molar-refractivity contribution in [2.24, 2.45) is 12.5 Å². The lowest BCUT2D eigenvalue weighted by molar-refractivity contribution is 0.273. The van der Waals surface area contributed by atoms with E-state index in [-0.39, 0.29) is 5.41 Å². The molecule has 0 aromatic carbocycles. The molecule has 0 aliphatic carbocycles. The van der Waals surface area contributed by atoms with E-state index < -0.39 is 0 Å². The molecule has 1 aromatic rings. The quantitative estimate of drug-likeness (QED) is 0.663. The van der Waals surface area contributed by atoms with Gasteiger partial charge in [-0.25, -0.2) is 0 Å². The molecule has 1 heterocycles. The monoisotopic (exact) mass is 290 g/mol. The molecule has 0 saturated carbocycles. The van der Waals surface area contributed by atoms with E-state index >= 15 is 0 Å². The lowest BCUT2D eigenvalue weighted by atomic mass is 9.78. The minimum atomic E-state index is 0.154. The molecule has 104 valence electrons. The van der Waals surface area contributed by atoms with Crippen LogP contribution < -0.4 is 0 Å². The summed E-state index contributed by atoms with van der Waals surface area (Å²) < 4.78 is 1.90. The van der Waals surface area contributed by atoms with Gasteiger partial charge in [-0.1, -0.05) is 38.3 Å². The molecule has 0 aliphatic rings. The third-order valence-corrected chi connectivity index (χ3v) is 4.96. The third-order valence-electron chi connectivity index (χ3n) is 3.90. The molecule has 1 unspecified atom stereocenters. The SMILES string of the molecule is CCCCC(CC)(CCl)Cc1c(Cl)c(C)nn1C. The number of unbranched alkanes of at least 4 members (excludes halogenated alkanes) is 1. The molecule has 1 aromatic heterocycles. The van der Waals surface area contributed by atoms with Crippen LogP contribution in [0, 0.1) is 12.3 Å². The van der Waals surface area contributed by atoms with Gasteiger partial charge >= 0.3 is 0 Å². The van der Waals surface area contributed by atoms with Crippen molar-refractivity contribution in [2.45, 2.75) is 52.9 Å². The summed E-state index contributed by atoms with van der Waals surface area (Å²) in [4.78, 5) is 0. The lowest BCUT2D eigenvalue weighted by Gasteiger charge is -2.31. The van der Waals surface area contributed by atoms with Crippen LogP contribution >= 0.6 is 23.2 Å². The summed E-state index contributed by atoms with van der Waals surface area (Å²) in [6, 6.07) is 0. The standard InChI is InChI=1S/C14H24Cl2N2/c1-5-7-8-14(6-2,10-15)9-12-13(16)11(3)17-18(12)4/h5-10H2,1-4H3. The number of hydrogen-bond donors (Lipinski definition) is 0. The molecule has 2 nitrogen and oxygen atoms in total. The lowest BCUT2D eigenvalue weighted by Crippen LogP contribution is -2.26. The number of alkyl halides is 1. The molecule has 0 spiro atoms. The number of aromatic nitrogens is 2. The number of rotatable bonds is 7. The van der Waals surface area contributed by atoms with Crippen LogP contribution in [0.3, 0.4) is 0 Å². The zero-order valence-corrected chi connectivity index (χ0v) is 13.4. The second-order valence-corrected chi connectivity index (χ2v) is 5.88. The number of hydrogen-bond acceptors (Lipinski definition) is 1. The fraction of sp³-hybridized carbons (Fsp3) is 0.786. The molecule has 4 heteroatoms. The summed E-state index contributed by atoms with van der Waals surface area (Å²) in [5.41, 5.74) is 2.18. The highest BCUT2D eigenvalue weighted by atomic mass is 35.5. The number of aryl methyl sites for hydroxylation is 2. The van der Waals surface area contributed by atoms with Crippen LogP contribution in [0.15, 0.2) is 0 Å². The van der Waals surface area contributed by atoms with Gasteiger partial charge in [-0.15, -0.1) is 11.6 Å². The maximum atomic E-state index is 6.34. The molecule has 0 amide bonds. The molecule has 1 atom stereocenters. The van der Waals surface area contributed by atoms with Gasteiger partial charge in [-0.2, -0.15) is 5.10 Å². The van der Waals surface area contributed by atoms with Crippen molar-refractivity contribution < 1.29 is 0 Å². The Balaban J connectivity index is 2.95. The summed E-state index contributed by atoms with van der Waals surface area (Å²) in [7, 11) is 1.96. The van der Waals surface area contributed by atoms with E-state index in [0.717, 1.165) is 35.7 Å². The Hall–Kier alpha value is -0.210. The summed E-state index contributed by atoms with van der Waals surface area (Å²) in [5.74, 6) is 0.685. The van der Waals surface area contributed by atoms with Crippen LogP contribution in [0.5, 0.6) is 0 Å². The van der Waals surface area contributed by atoms with Crippen LogP contribution in [0.25, 0.3) is 0 Å². The van der Waals surface area contributed by atoms with E-state index in [1.807, 2.05) is 18.7 Å². The van der Waals surface area contributed by atoms with Crippen LogP contribution in [0.1, 0.15) is 50.9 Å². The molecular weight excluding hydrogens is 267 g/mol. The molecule has 0 aliphatic heterocycles. The minimum absolute atomic E-state index is 0.154. The van der Waals surface area contributed by atoms with Gasteiger partial charge in [0.2, 0.25) is 0 Å². The highest BCUT2D eigenvalue weighted by Gasteiger charge is 2.29. The molecule has 18 heavy (non-hydrogen) atoms. The van der Waals surface area contributed by atoms with Crippen LogP contribution in [-0.2, 0) is 13.5 Å². The Kier molecular flexibility index (Phi) is 6.00. The first-order valence-corrected chi connectivity index (χ1v) is 7.65. The molecule has 0 fully saturated rings. The maximum Gasteiger partial charge on any atom is 0.0847 e. The van der Waals surface area contributed by atoms with Gasteiger partial charge in [-0.3, -0.25) is 4.68 Å². The zero-order chi connectivity index (χ0) is 13.8. The maximum absolute atomic E-state index is 6.34. The predicted molar refractivity (Wildman–Crippen MR) is 79.6 cm³/mol. The Labute approximate surface area is 121 Å². The second-order valence-electron chi connectivity index (χ2n) is 5.24. The molecule has 1 rings (SSSR count). The molecule has 0 N–H and O–H groups in total. The summed E-state index contributed by atoms with van der Waals surface area (Å²) in [5, 5.41) is 5.19. The van der Waals surface area contributed by atoms with Crippen LogP contribution in [0.2, 0.25) is 5.02 Å². The fourth-order valence-corrected chi connectivity index (χ4v) is 3.02. The second kappa shape index (κ2) is 6.81. The van der Waals surface area contributed by atoms with Crippen molar-refractivity contribution in [3.8, 4) is 0 Å².